The molecule has 1 heterocycles. The Kier molecular flexibility index (Phi) is 2.23. The number of nitrogens with zero attached hydrogens (tertiary/aromatic N) is 1. The predicted molar refractivity (Wildman–Crippen MR) is 66.5 cm³/mol. The molecule has 16 heavy (non-hydrogen) atoms. The Hall–Kier alpha value is -1.32. The van der Waals surface area contributed by atoms with Crippen LogP contribution in [0.4, 0.5) is 5.69 Å². The van der Waals surface area contributed by atoms with Crippen LogP contribution in [0.2, 0.25) is 5.02 Å². The van der Waals surface area contributed by atoms with Gasteiger partial charge in [-0.2, -0.15) is 0 Å². The van der Waals surface area contributed by atoms with Crippen molar-refractivity contribution < 1.29 is 0 Å². The average molecular weight is 234 g/mol. The highest BCUT2D eigenvalue weighted by Crippen LogP contribution is 2.43. The molecule has 4 heteroatoms. The molecule has 3 N–H and O–H groups in total. The summed E-state index contributed by atoms with van der Waals surface area (Å²) in [4.78, 5) is 4.63. The molecular formula is C12H12ClN3. The quantitative estimate of drug-likeness (QED) is 0.619. The molecule has 3 nitrogen and oxygen atoms in total. The monoisotopic (exact) mass is 233 g/mol. The number of nitrogens with one attached hydrogen (secondary N) is 1. The maximum absolute atomic E-state index is 6.14. The Bertz CT molecular complexity index is 549. The van der Waals surface area contributed by atoms with Gasteiger partial charge in [-0.15, -0.1) is 0 Å². The van der Waals surface area contributed by atoms with E-state index in [0.717, 1.165) is 22.3 Å². The van der Waals surface area contributed by atoms with Crippen LogP contribution in [-0.4, -0.2) is 4.98 Å². The SMILES string of the molecule is NNc1cc2cccc(Cl)c2nc1C1CC1. The van der Waals surface area contributed by atoms with E-state index in [1.807, 2.05) is 24.3 Å². The lowest BCUT2D eigenvalue weighted by atomic mass is 10.1. The topological polar surface area (TPSA) is 50.9 Å². The van der Waals surface area contributed by atoms with E-state index in [-0.39, 0.29) is 0 Å². The second-order valence-corrected chi connectivity index (χ2v) is 4.56. The summed E-state index contributed by atoms with van der Waals surface area (Å²) in [6.07, 6.45) is 2.38. The number of hydrogen-bond donors (Lipinski definition) is 2. The van der Waals surface area contributed by atoms with E-state index in [2.05, 4.69) is 10.4 Å². The zero-order valence-corrected chi connectivity index (χ0v) is 9.46. The minimum Gasteiger partial charge on any atom is -0.322 e. The van der Waals surface area contributed by atoms with Gasteiger partial charge in [-0.3, -0.25) is 5.84 Å². The number of benzene rings is 1. The number of para-hydroxylation sites is 1. The smallest absolute Gasteiger partial charge is 0.0893 e. The van der Waals surface area contributed by atoms with Crippen LogP contribution in [0.25, 0.3) is 10.9 Å². The minimum absolute atomic E-state index is 0.548. The number of anilines is 1. The lowest BCUT2D eigenvalue weighted by Gasteiger charge is -2.09. The summed E-state index contributed by atoms with van der Waals surface area (Å²) < 4.78 is 0. The van der Waals surface area contributed by atoms with Crippen molar-refractivity contribution in [3.05, 3.63) is 35.0 Å². The van der Waals surface area contributed by atoms with Gasteiger partial charge in [0.05, 0.1) is 21.9 Å². The molecule has 2 aromatic rings. The third-order valence-electron chi connectivity index (χ3n) is 2.95. The standard InChI is InChI=1S/C12H12ClN3/c13-9-3-1-2-8-6-10(16-14)12(7-4-5-7)15-11(8)9/h1-3,6-7,16H,4-5,14H2. The number of aromatic nitrogens is 1. The summed E-state index contributed by atoms with van der Waals surface area (Å²) >= 11 is 6.14. The van der Waals surface area contributed by atoms with E-state index in [4.69, 9.17) is 17.4 Å². The first-order valence-electron chi connectivity index (χ1n) is 5.35. The molecule has 0 amide bonds. The Morgan fingerprint density at radius 2 is 2.19 bits per heavy atom. The van der Waals surface area contributed by atoms with Gasteiger partial charge in [0, 0.05) is 11.3 Å². The van der Waals surface area contributed by atoms with Crippen molar-refractivity contribution in [2.75, 3.05) is 5.43 Å². The summed E-state index contributed by atoms with van der Waals surface area (Å²) in [5.41, 5.74) is 5.55. The zero-order valence-electron chi connectivity index (χ0n) is 8.70. The third-order valence-corrected chi connectivity index (χ3v) is 3.25. The molecule has 1 aliphatic rings. The van der Waals surface area contributed by atoms with Gasteiger partial charge in [-0.1, -0.05) is 23.7 Å². The number of halogens is 1. The molecule has 0 saturated heterocycles. The van der Waals surface area contributed by atoms with Crippen LogP contribution < -0.4 is 11.3 Å². The van der Waals surface area contributed by atoms with E-state index in [0.29, 0.717) is 10.9 Å². The predicted octanol–water partition coefficient (Wildman–Crippen LogP) is 3.05. The maximum Gasteiger partial charge on any atom is 0.0893 e. The second kappa shape index (κ2) is 3.61. The van der Waals surface area contributed by atoms with Crippen molar-refractivity contribution in [3.63, 3.8) is 0 Å². The van der Waals surface area contributed by atoms with Gasteiger partial charge in [-0.25, -0.2) is 4.98 Å². The van der Waals surface area contributed by atoms with Gasteiger partial charge in [0.15, 0.2) is 0 Å². The van der Waals surface area contributed by atoms with Gasteiger partial charge < -0.3 is 5.43 Å². The van der Waals surface area contributed by atoms with Crippen LogP contribution in [0.3, 0.4) is 0 Å². The highest BCUT2D eigenvalue weighted by molar-refractivity contribution is 6.35. The zero-order chi connectivity index (χ0) is 11.1. The minimum atomic E-state index is 0.548. The summed E-state index contributed by atoms with van der Waals surface area (Å²) in [6.45, 7) is 0. The molecule has 0 spiro atoms. The van der Waals surface area contributed by atoms with Crippen LogP contribution in [0.1, 0.15) is 24.5 Å². The molecule has 0 radical (unpaired) electrons. The van der Waals surface area contributed by atoms with E-state index >= 15 is 0 Å². The fourth-order valence-corrected chi connectivity index (χ4v) is 2.18. The molecule has 0 unspecified atom stereocenters. The van der Waals surface area contributed by atoms with Crippen molar-refractivity contribution in [1.29, 1.82) is 0 Å². The first-order valence-corrected chi connectivity index (χ1v) is 5.73. The average Bonchev–Trinajstić information content (AvgIpc) is 3.12. The van der Waals surface area contributed by atoms with Crippen molar-refractivity contribution in [3.8, 4) is 0 Å². The molecule has 82 valence electrons. The Balaban J connectivity index is 2.28. The molecule has 1 aromatic heterocycles. The van der Waals surface area contributed by atoms with E-state index in [9.17, 15) is 0 Å². The number of pyridine rings is 1. The number of hydrogen-bond acceptors (Lipinski definition) is 3. The highest BCUT2D eigenvalue weighted by atomic mass is 35.5. The molecule has 1 fully saturated rings. The number of nitrogens with two attached hydrogens (primary N) is 1. The van der Waals surface area contributed by atoms with Crippen LogP contribution in [0.15, 0.2) is 24.3 Å². The molecule has 1 aliphatic carbocycles. The Morgan fingerprint density at radius 3 is 2.88 bits per heavy atom. The van der Waals surface area contributed by atoms with E-state index in [1.54, 1.807) is 0 Å². The fraction of sp³-hybridized carbons (Fsp3) is 0.250. The van der Waals surface area contributed by atoms with Crippen LogP contribution in [-0.2, 0) is 0 Å². The first-order chi connectivity index (χ1) is 7.79. The summed E-state index contributed by atoms with van der Waals surface area (Å²) in [7, 11) is 0. The summed E-state index contributed by atoms with van der Waals surface area (Å²) in [6, 6.07) is 7.79. The lowest BCUT2D eigenvalue weighted by Crippen LogP contribution is -2.10. The number of rotatable bonds is 2. The van der Waals surface area contributed by atoms with E-state index in [1.165, 1.54) is 12.8 Å². The van der Waals surface area contributed by atoms with Crippen LogP contribution in [0.5, 0.6) is 0 Å². The fourth-order valence-electron chi connectivity index (χ4n) is 1.96. The number of hydrazine groups is 1. The van der Waals surface area contributed by atoms with Gasteiger partial charge in [0.1, 0.15) is 0 Å². The van der Waals surface area contributed by atoms with Crippen molar-refractivity contribution >= 4 is 28.2 Å². The Morgan fingerprint density at radius 1 is 1.38 bits per heavy atom. The first kappa shape index (κ1) is 9.87. The third kappa shape index (κ3) is 1.52. The molecule has 3 rings (SSSR count). The molecule has 1 aromatic carbocycles. The van der Waals surface area contributed by atoms with Crippen molar-refractivity contribution in [2.24, 2.45) is 5.84 Å². The summed E-state index contributed by atoms with van der Waals surface area (Å²) in [5, 5.41) is 1.72. The second-order valence-electron chi connectivity index (χ2n) is 4.15. The van der Waals surface area contributed by atoms with E-state index < -0.39 is 0 Å². The lowest BCUT2D eigenvalue weighted by molar-refractivity contribution is 1.04. The summed E-state index contributed by atoms with van der Waals surface area (Å²) in [5.74, 6) is 6.07. The van der Waals surface area contributed by atoms with Gasteiger partial charge >= 0.3 is 0 Å². The maximum atomic E-state index is 6.14. The molecule has 0 atom stereocenters. The molecule has 0 bridgehead atoms. The Labute approximate surface area is 98.6 Å². The molecular weight excluding hydrogens is 222 g/mol. The van der Waals surface area contributed by atoms with Crippen molar-refractivity contribution in [2.45, 2.75) is 18.8 Å². The highest BCUT2D eigenvalue weighted by Gasteiger charge is 2.28. The van der Waals surface area contributed by atoms with Gasteiger partial charge in [0.25, 0.3) is 0 Å². The largest absolute Gasteiger partial charge is 0.322 e. The van der Waals surface area contributed by atoms with Gasteiger partial charge in [-0.05, 0) is 25.0 Å². The van der Waals surface area contributed by atoms with Crippen LogP contribution in [0, 0.1) is 0 Å². The number of fused-ring (bicyclic) bond motifs is 1. The normalized spacial score (nSPS) is 15.4. The molecule has 1 saturated carbocycles. The van der Waals surface area contributed by atoms with Crippen LogP contribution >= 0.6 is 11.6 Å². The molecule has 0 aliphatic heterocycles. The van der Waals surface area contributed by atoms with Gasteiger partial charge in [0.2, 0.25) is 0 Å². The van der Waals surface area contributed by atoms with Crippen molar-refractivity contribution in [1.82, 2.24) is 4.98 Å². The number of nitrogen functional groups attached to an aromatic ring is 1.